The van der Waals surface area contributed by atoms with Crippen molar-refractivity contribution >= 4 is 43.7 Å². The van der Waals surface area contributed by atoms with Crippen LogP contribution in [0.5, 0.6) is 0 Å². The fraction of sp³-hybridized carbons (Fsp3) is 0.875. The van der Waals surface area contributed by atoms with E-state index in [0.29, 0.717) is 0 Å². The molecule has 130 valence electrons. The van der Waals surface area contributed by atoms with Gasteiger partial charge in [-0.25, -0.2) is 0 Å². The van der Waals surface area contributed by atoms with E-state index in [-0.39, 0.29) is 21.5 Å². The molecule has 0 aromatic carbocycles. The monoisotopic (exact) mass is 440 g/mol. The summed E-state index contributed by atoms with van der Waals surface area (Å²) in [6, 6.07) is 0. The average Bonchev–Trinajstić information content (AvgIpc) is 2.49. The van der Waals surface area contributed by atoms with Crippen molar-refractivity contribution in [3.8, 4) is 0 Å². The van der Waals surface area contributed by atoms with Gasteiger partial charge in [0.05, 0.1) is 9.65 Å². The van der Waals surface area contributed by atoms with Crippen LogP contribution in [0, 0.1) is 0 Å². The molecule has 0 aromatic heterocycles. The second-order valence-electron chi connectivity index (χ2n) is 5.51. The number of unbranched alkanes of at least 4 members (excludes halogenated alkanes) is 3. The summed E-state index contributed by atoms with van der Waals surface area (Å²) in [6.45, 7) is 5.61. The van der Waals surface area contributed by atoms with Crippen LogP contribution in [0.4, 0.5) is 0 Å². The minimum atomic E-state index is -0.0620. The molecule has 0 saturated carbocycles. The summed E-state index contributed by atoms with van der Waals surface area (Å²) in [5.74, 6) is 0.182. The van der Waals surface area contributed by atoms with Crippen molar-refractivity contribution in [1.82, 2.24) is 10.6 Å². The Morgan fingerprint density at radius 2 is 1.14 bits per heavy atom. The van der Waals surface area contributed by atoms with Crippen molar-refractivity contribution in [1.29, 1.82) is 0 Å². The van der Waals surface area contributed by atoms with Crippen LogP contribution in [0.3, 0.4) is 0 Å². The van der Waals surface area contributed by atoms with E-state index in [9.17, 15) is 9.59 Å². The van der Waals surface area contributed by atoms with E-state index in [4.69, 9.17) is 0 Å². The molecule has 0 heterocycles. The zero-order valence-corrected chi connectivity index (χ0v) is 17.0. The lowest BCUT2D eigenvalue weighted by Gasteiger charge is -2.10. The van der Waals surface area contributed by atoms with E-state index in [2.05, 4.69) is 56.3 Å². The van der Waals surface area contributed by atoms with E-state index >= 15 is 0 Å². The van der Waals surface area contributed by atoms with Crippen LogP contribution in [0.1, 0.15) is 65.2 Å². The van der Waals surface area contributed by atoms with E-state index in [1.807, 2.05) is 0 Å². The molecule has 6 heteroatoms. The van der Waals surface area contributed by atoms with Crippen molar-refractivity contribution in [3.05, 3.63) is 0 Å². The average molecular weight is 442 g/mol. The first-order chi connectivity index (χ1) is 10.5. The van der Waals surface area contributed by atoms with Gasteiger partial charge in [0.1, 0.15) is 0 Å². The van der Waals surface area contributed by atoms with Gasteiger partial charge in [0, 0.05) is 13.1 Å². The maximum absolute atomic E-state index is 11.7. The van der Waals surface area contributed by atoms with Gasteiger partial charge < -0.3 is 10.6 Å². The number of hydrogen-bond donors (Lipinski definition) is 2. The third kappa shape index (κ3) is 11.5. The van der Waals surface area contributed by atoms with Gasteiger partial charge in [-0.1, -0.05) is 71.4 Å². The molecule has 0 aliphatic rings. The largest absolute Gasteiger partial charge is 0.355 e. The predicted molar refractivity (Wildman–Crippen MR) is 99.7 cm³/mol. The Morgan fingerprint density at radius 1 is 0.773 bits per heavy atom. The molecule has 2 N–H and O–H groups in total. The molecular weight excluding hydrogens is 412 g/mol. The highest BCUT2D eigenvalue weighted by Gasteiger charge is 2.13. The minimum absolute atomic E-state index is 0.0620. The SMILES string of the molecule is CCCC(Br)C(=O)NCCCCCCNC(=O)C(Br)CCC. The molecule has 2 atom stereocenters. The topological polar surface area (TPSA) is 58.2 Å². The van der Waals surface area contributed by atoms with Crippen LogP contribution in [0.15, 0.2) is 0 Å². The fourth-order valence-electron chi connectivity index (χ4n) is 2.02. The molecule has 0 aromatic rings. The molecule has 0 bridgehead atoms. The fourth-order valence-corrected chi connectivity index (χ4v) is 3.26. The van der Waals surface area contributed by atoms with Crippen molar-refractivity contribution in [2.45, 2.75) is 74.9 Å². The van der Waals surface area contributed by atoms with Crippen LogP contribution in [0.25, 0.3) is 0 Å². The van der Waals surface area contributed by atoms with Gasteiger partial charge in [-0.2, -0.15) is 0 Å². The van der Waals surface area contributed by atoms with Crippen molar-refractivity contribution in [2.24, 2.45) is 0 Å². The Balaban J connectivity index is 3.44. The molecule has 2 unspecified atom stereocenters. The first kappa shape index (κ1) is 21.9. The van der Waals surface area contributed by atoms with E-state index in [0.717, 1.165) is 64.5 Å². The number of halogens is 2. The van der Waals surface area contributed by atoms with E-state index in [1.165, 1.54) is 0 Å². The quantitative estimate of drug-likeness (QED) is 0.336. The summed E-state index contributed by atoms with van der Waals surface area (Å²) in [6.07, 6.45) is 7.87. The molecule has 0 saturated heterocycles. The lowest BCUT2D eigenvalue weighted by Crippen LogP contribution is -2.32. The zero-order chi connectivity index (χ0) is 16.8. The summed E-state index contributed by atoms with van der Waals surface area (Å²) in [7, 11) is 0. The molecule has 0 radical (unpaired) electrons. The number of hydrogen-bond acceptors (Lipinski definition) is 2. The number of rotatable bonds is 13. The Labute approximate surface area is 151 Å². The van der Waals surface area contributed by atoms with Gasteiger partial charge in [-0.3, -0.25) is 9.59 Å². The van der Waals surface area contributed by atoms with Crippen LogP contribution in [-0.4, -0.2) is 34.6 Å². The summed E-state index contributed by atoms with van der Waals surface area (Å²) >= 11 is 6.77. The smallest absolute Gasteiger partial charge is 0.233 e. The van der Waals surface area contributed by atoms with Gasteiger partial charge in [0.25, 0.3) is 0 Å². The summed E-state index contributed by atoms with van der Waals surface area (Å²) in [5, 5.41) is 5.89. The first-order valence-electron chi connectivity index (χ1n) is 8.36. The molecule has 0 fully saturated rings. The van der Waals surface area contributed by atoms with E-state index in [1.54, 1.807) is 0 Å². The van der Waals surface area contributed by atoms with Crippen molar-refractivity contribution in [2.75, 3.05) is 13.1 Å². The van der Waals surface area contributed by atoms with Crippen LogP contribution >= 0.6 is 31.9 Å². The number of carbonyl (C=O) groups is 2. The molecular formula is C16H30Br2N2O2. The standard InChI is InChI=1S/C16H30Br2N2O2/c1-3-9-13(17)15(21)19-11-7-5-6-8-12-20-16(22)14(18)10-4-2/h13-14H,3-12H2,1-2H3,(H,19,21)(H,20,22). The van der Waals surface area contributed by atoms with Gasteiger partial charge >= 0.3 is 0 Å². The predicted octanol–water partition coefficient (Wildman–Crippen LogP) is 3.91. The highest BCUT2D eigenvalue weighted by Crippen LogP contribution is 2.08. The molecule has 22 heavy (non-hydrogen) atoms. The molecule has 4 nitrogen and oxygen atoms in total. The second-order valence-corrected chi connectivity index (χ2v) is 7.72. The number of nitrogens with one attached hydrogen (secondary N) is 2. The third-order valence-corrected chi connectivity index (χ3v) is 5.10. The highest BCUT2D eigenvalue weighted by atomic mass is 79.9. The molecule has 0 aliphatic carbocycles. The van der Waals surface area contributed by atoms with Gasteiger partial charge in [-0.15, -0.1) is 0 Å². The normalized spacial score (nSPS) is 13.5. The van der Waals surface area contributed by atoms with Crippen molar-refractivity contribution in [3.63, 3.8) is 0 Å². The number of carbonyl (C=O) groups excluding carboxylic acids is 2. The summed E-state index contributed by atoms with van der Waals surface area (Å²) in [4.78, 5) is 23.2. The Bertz CT molecular complexity index is 285. The van der Waals surface area contributed by atoms with E-state index < -0.39 is 0 Å². The Hall–Kier alpha value is -0.100. The Morgan fingerprint density at radius 3 is 1.45 bits per heavy atom. The second kappa shape index (κ2) is 14.5. The van der Waals surface area contributed by atoms with Crippen LogP contribution < -0.4 is 10.6 Å². The van der Waals surface area contributed by atoms with Crippen LogP contribution in [-0.2, 0) is 9.59 Å². The highest BCUT2D eigenvalue weighted by molar-refractivity contribution is 9.10. The number of amides is 2. The van der Waals surface area contributed by atoms with Gasteiger partial charge in [0.15, 0.2) is 0 Å². The lowest BCUT2D eigenvalue weighted by molar-refractivity contribution is -0.121. The maximum atomic E-state index is 11.7. The van der Waals surface area contributed by atoms with Crippen molar-refractivity contribution < 1.29 is 9.59 Å². The van der Waals surface area contributed by atoms with Crippen LogP contribution in [0.2, 0.25) is 0 Å². The number of alkyl halides is 2. The van der Waals surface area contributed by atoms with Gasteiger partial charge in [0.2, 0.25) is 11.8 Å². The summed E-state index contributed by atoms with van der Waals surface area (Å²) in [5.41, 5.74) is 0. The Kier molecular flexibility index (Phi) is 14.4. The minimum Gasteiger partial charge on any atom is -0.355 e. The summed E-state index contributed by atoms with van der Waals surface area (Å²) < 4.78 is 0. The molecule has 0 aliphatic heterocycles. The maximum Gasteiger partial charge on any atom is 0.233 e. The molecule has 0 rings (SSSR count). The van der Waals surface area contributed by atoms with Gasteiger partial charge in [-0.05, 0) is 25.7 Å². The molecule has 0 spiro atoms. The third-order valence-electron chi connectivity index (χ3n) is 3.36. The first-order valence-corrected chi connectivity index (χ1v) is 10.2. The molecule has 2 amide bonds. The lowest BCUT2D eigenvalue weighted by atomic mass is 10.2. The zero-order valence-electron chi connectivity index (χ0n) is 13.8.